The van der Waals surface area contributed by atoms with Gasteiger partial charge in [0.25, 0.3) is 0 Å². The van der Waals surface area contributed by atoms with Crippen LogP contribution >= 0.6 is 15.9 Å². The Kier molecular flexibility index (Phi) is 2.82. The van der Waals surface area contributed by atoms with Crippen LogP contribution in [0.5, 0.6) is 5.88 Å². The van der Waals surface area contributed by atoms with E-state index in [0.717, 1.165) is 16.7 Å². The van der Waals surface area contributed by atoms with Crippen molar-refractivity contribution in [3.05, 3.63) is 16.5 Å². The van der Waals surface area contributed by atoms with Crippen molar-refractivity contribution in [2.75, 3.05) is 7.11 Å². The van der Waals surface area contributed by atoms with E-state index in [1.54, 1.807) is 13.3 Å². The third kappa shape index (κ3) is 1.89. The molecule has 0 saturated carbocycles. The highest BCUT2D eigenvalue weighted by Gasteiger charge is 2.02. The lowest BCUT2D eigenvalue weighted by atomic mass is 10.4. The van der Waals surface area contributed by atoms with Crippen LogP contribution in [0.1, 0.15) is 12.7 Å². The number of hydrogen-bond acceptors (Lipinski definition) is 3. The van der Waals surface area contributed by atoms with E-state index in [2.05, 4.69) is 25.9 Å². The van der Waals surface area contributed by atoms with Crippen molar-refractivity contribution >= 4 is 15.9 Å². The van der Waals surface area contributed by atoms with Crippen LogP contribution in [-0.2, 0) is 6.42 Å². The fraction of sp³-hybridized carbons (Fsp3) is 0.429. The van der Waals surface area contributed by atoms with Crippen LogP contribution in [0.4, 0.5) is 0 Å². The Labute approximate surface area is 73.9 Å². The highest BCUT2D eigenvalue weighted by molar-refractivity contribution is 9.10. The maximum atomic E-state index is 4.99. The van der Waals surface area contributed by atoms with Crippen LogP contribution in [-0.4, -0.2) is 17.1 Å². The Bertz CT molecular complexity index is 252. The molecule has 0 unspecified atom stereocenters. The Morgan fingerprint density at radius 1 is 1.64 bits per heavy atom. The van der Waals surface area contributed by atoms with E-state index in [1.807, 2.05) is 6.92 Å². The second-order valence-electron chi connectivity index (χ2n) is 2.00. The molecule has 0 fully saturated rings. The molecular weight excluding hydrogens is 208 g/mol. The van der Waals surface area contributed by atoms with Gasteiger partial charge in [0.1, 0.15) is 5.82 Å². The van der Waals surface area contributed by atoms with Crippen LogP contribution in [0.25, 0.3) is 0 Å². The Balaban J connectivity index is 3.02. The summed E-state index contributed by atoms with van der Waals surface area (Å²) in [6.45, 7) is 2.00. The van der Waals surface area contributed by atoms with E-state index in [4.69, 9.17) is 4.74 Å². The number of aromatic nitrogens is 2. The molecule has 4 heteroatoms. The van der Waals surface area contributed by atoms with E-state index in [9.17, 15) is 0 Å². The van der Waals surface area contributed by atoms with Gasteiger partial charge in [-0.15, -0.1) is 0 Å². The molecule has 0 aliphatic heterocycles. The van der Waals surface area contributed by atoms with Gasteiger partial charge in [0, 0.05) is 12.6 Å². The molecule has 0 aromatic carbocycles. The van der Waals surface area contributed by atoms with E-state index in [-0.39, 0.29) is 0 Å². The summed E-state index contributed by atoms with van der Waals surface area (Å²) in [7, 11) is 1.59. The third-order valence-electron chi connectivity index (χ3n) is 1.27. The minimum absolute atomic E-state index is 0.594. The molecule has 1 heterocycles. The predicted molar refractivity (Wildman–Crippen MR) is 45.7 cm³/mol. The van der Waals surface area contributed by atoms with E-state index in [0.29, 0.717) is 5.88 Å². The fourth-order valence-corrected chi connectivity index (χ4v) is 1.05. The SMILES string of the molecule is CCc1ncc(Br)c(OC)n1. The molecular formula is C7H9BrN2O. The van der Waals surface area contributed by atoms with Gasteiger partial charge in [-0.1, -0.05) is 6.92 Å². The lowest BCUT2D eigenvalue weighted by Gasteiger charge is -2.01. The molecule has 60 valence electrons. The summed E-state index contributed by atoms with van der Waals surface area (Å²) in [5.41, 5.74) is 0. The molecule has 0 radical (unpaired) electrons. The van der Waals surface area contributed by atoms with E-state index >= 15 is 0 Å². The number of aryl methyl sites for hydroxylation is 1. The standard InChI is InChI=1S/C7H9BrN2O/c1-3-6-9-4-5(8)7(10-6)11-2/h4H,3H2,1-2H3. The normalized spacial score (nSPS) is 9.73. The van der Waals surface area contributed by atoms with Crippen LogP contribution in [0, 0.1) is 0 Å². The fourth-order valence-electron chi connectivity index (χ4n) is 0.699. The second-order valence-corrected chi connectivity index (χ2v) is 2.85. The minimum Gasteiger partial charge on any atom is -0.480 e. The Morgan fingerprint density at radius 2 is 2.36 bits per heavy atom. The maximum Gasteiger partial charge on any atom is 0.231 e. The molecule has 0 aliphatic rings. The average molecular weight is 217 g/mol. The summed E-state index contributed by atoms with van der Waals surface area (Å²) in [6.07, 6.45) is 2.52. The molecule has 0 spiro atoms. The topological polar surface area (TPSA) is 35.0 Å². The van der Waals surface area contributed by atoms with Gasteiger partial charge in [0.2, 0.25) is 5.88 Å². The highest BCUT2D eigenvalue weighted by atomic mass is 79.9. The van der Waals surface area contributed by atoms with Crippen molar-refractivity contribution in [3.63, 3.8) is 0 Å². The number of ether oxygens (including phenoxy) is 1. The zero-order valence-corrected chi connectivity index (χ0v) is 8.05. The third-order valence-corrected chi connectivity index (χ3v) is 1.82. The number of halogens is 1. The summed E-state index contributed by atoms with van der Waals surface area (Å²) >= 11 is 3.27. The predicted octanol–water partition coefficient (Wildman–Crippen LogP) is 1.81. The van der Waals surface area contributed by atoms with Gasteiger partial charge in [0.15, 0.2) is 0 Å². The van der Waals surface area contributed by atoms with Gasteiger partial charge in [-0.25, -0.2) is 4.98 Å². The van der Waals surface area contributed by atoms with Crippen LogP contribution in [0.3, 0.4) is 0 Å². The molecule has 0 aliphatic carbocycles. The number of hydrogen-bond donors (Lipinski definition) is 0. The number of rotatable bonds is 2. The van der Waals surface area contributed by atoms with Crippen molar-refractivity contribution in [2.24, 2.45) is 0 Å². The molecule has 1 aromatic heterocycles. The van der Waals surface area contributed by atoms with Gasteiger partial charge < -0.3 is 4.74 Å². The van der Waals surface area contributed by atoms with Gasteiger partial charge in [-0.3, -0.25) is 0 Å². The van der Waals surface area contributed by atoms with Gasteiger partial charge in [0.05, 0.1) is 11.6 Å². The molecule has 1 rings (SSSR count). The van der Waals surface area contributed by atoms with E-state index < -0.39 is 0 Å². The highest BCUT2D eigenvalue weighted by Crippen LogP contribution is 2.20. The van der Waals surface area contributed by atoms with Crippen molar-refractivity contribution in [2.45, 2.75) is 13.3 Å². The van der Waals surface area contributed by atoms with Gasteiger partial charge in [-0.2, -0.15) is 4.98 Å². The summed E-state index contributed by atoms with van der Waals surface area (Å²) < 4.78 is 5.78. The summed E-state index contributed by atoms with van der Waals surface area (Å²) in [4.78, 5) is 8.20. The van der Waals surface area contributed by atoms with Crippen LogP contribution in [0.2, 0.25) is 0 Å². The summed E-state index contributed by atoms with van der Waals surface area (Å²) in [5, 5.41) is 0. The zero-order chi connectivity index (χ0) is 8.27. The number of nitrogens with zero attached hydrogens (tertiary/aromatic N) is 2. The number of methoxy groups -OCH3 is 1. The first kappa shape index (κ1) is 8.46. The lowest BCUT2D eigenvalue weighted by molar-refractivity contribution is 0.392. The largest absolute Gasteiger partial charge is 0.480 e. The molecule has 0 atom stereocenters. The molecule has 1 aromatic rings. The van der Waals surface area contributed by atoms with Crippen molar-refractivity contribution in [1.29, 1.82) is 0 Å². The molecule has 0 N–H and O–H groups in total. The van der Waals surface area contributed by atoms with Crippen molar-refractivity contribution in [1.82, 2.24) is 9.97 Å². The lowest BCUT2D eigenvalue weighted by Crippen LogP contribution is -1.96. The van der Waals surface area contributed by atoms with Gasteiger partial charge >= 0.3 is 0 Å². The summed E-state index contributed by atoms with van der Waals surface area (Å²) in [6, 6.07) is 0. The monoisotopic (exact) mass is 216 g/mol. The van der Waals surface area contributed by atoms with Crippen LogP contribution < -0.4 is 4.74 Å². The quantitative estimate of drug-likeness (QED) is 0.757. The first-order chi connectivity index (χ1) is 5.27. The van der Waals surface area contributed by atoms with E-state index in [1.165, 1.54) is 0 Å². The molecule has 0 bridgehead atoms. The molecule has 0 saturated heterocycles. The smallest absolute Gasteiger partial charge is 0.231 e. The average Bonchev–Trinajstić information content (AvgIpc) is 2.05. The van der Waals surface area contributed by atoms with Crippen molar-refractivity contribution in [3.8, 4) is 5.88 Å². The first-order valence-corrected chi connectivity index (χ1v) is 4.12. The Morgan fingerprint density at radius 3 is 2.91 bits per heavy atom. The molecule has 3 nitrogen and oxygen atoms in total. The molecule has 11 heavy (non-hydrogen) atoms. The minimum atomic E-state index is 0.594. The first-order valence-electron chi connectivity index (χ1n) is 3.33. The van der Waals surface area contributed by atoms with Crippen LogP contribution in [0.15, 0.2) is 10.7 Å². The zero-order valence-electron chi connectivity index (χ0n) is 6.47. The van der Waals surface area contributed by atoms with Crippen molar-refractivity contribution < 1.29 is 4.74 Å². The summed E-state index contributed by atoms with van der Waals surface area (Å²) in [5.74, 6) is 1.39. The molecule has 0 amide bonds. The maximum absolute atomic E-state index is 4.99. The Hall–Kier alpha value is -0.640. The second kappa shape index (κ2) is 3.67. The van der Waals surface area contributed by atoms with Gasteiger partial charge in [-0.05, 0) is 15.9 Å².